The van der Waals surface area contributed by atoms with E-state index in [1.54, 1.807) is 6.20 Å². The summed E-state index contributed by atoms with van der Waals surface area (Å²) in [5.41, 5.74) is 4.09. The van der Waals surface area contributed by atoms with Gasteiger partial charge in [0.25, 0.3) is 0 Å². The number of nitriles is 1. The van der Waals surface area contributed by atoms with Crippen LogP contribution in [0.1, 0.15) is 11.1 Å². The van der Waals surface area contributed by atoms with E-state index >= 15 is 0 Å². The predicted octanol–water partition coefficient (Wildman–Crippen LogP) is 2.67. The second-order valence-electron chi connectivity index (χ2n) is 6.42. The Morgan fingerprint density at radius 3 is 2.50 bits per heavy atom. The van der Waals surface area contributed by atoms with E-state index in [0.29, 0.717) is 5.56 Å². The van der Waals surface area contributed by atoms with Crippen LogP contribution in [0.25, 0.3) is 11.3 Å². The molecule has 0 bridgehead atoms. The second-order valence-corrected chi connectivity index (χ2v) is 6.42. The van der Waals surface area contributed by atoms with Gasteiger partial charge < -0.3 is 4.90 Å². The summed E-state index contributed by atoms with van der Waals surface area (Å²) in [4.78, 5) is 9.11. The third-order valence-corrected chi connectivity index (χ3v) is 4.75. The van der Waals surface area contributed by atoms with Gasteiger partial charge in [-0.3, -0.25) is 10.00 Å². The van der Waals surface area contributed by atoms with E-state index in [2.05, 4.69) is 43.2 Å². The van der Waals surface area contributed by atoms with Gasteiger partial charge >= 0.3 is 0 Å². The quantitative estimate of drug-likeness (QED) is 0.788. The van der Waals surface area contributed by atoms with Crippen LogP contribution >= 0.6 is 0 Å². The minimum absolute atomic E-state index is 0.598. The largest absolute Gasteiger partial charge is 0.354 e. The average Bonchev–Trinajstić information content (AvgIpc) is 3.17. The zero-order valence-corrected chi connectivity index (χ0v) is 14.5. The van der Waals surface area contributed by atoms with Crippen molar-refractivity contribution in [2.75, 3.05) is 31.1 Å². The van der Waals surface area contributed by atoms with Gasteiger partial charge in [-0.15, -0.1) is 0 Å². The number of nitrogens with zero attached hydrogens (tertiary/aromatic N) is 5. The van der Waals surface area contributed by atoms with Crippen LogP contribution in [0.5, 0.6) is 0 Å². The van der Waals surface area contributed by atoms with Gasteiger partial charge in [0, 0.05) is 44.5 Å². The zero-order chi connectivity index (χ0) is 17.8. The summed E-state index contributed by atoms with van der Waals surface area (Å²) in [7, 11) is 0. The number of hydrogen-bond donors (Lipinski definition) is 1. The fraction of sp³-hybridized carbons (Fsp3) is 0.250. The number of aromatic nitrogens is 3. The highest BCUT2D eigenvalue weighted by molar-refractivity contribution is 5.62. The first-order chi connectivity index (χ1) is 12.8. The van der Waals surface area contributed by atoms with Crippen molar-refractivity contribution in [3.63, 3.8) is 0 Å². The molecule has 26 heavy (non-hydrogen) atoms. The Kier molecular flexibility index (Phi) is 4.63. The van der Waals surface area contributed by atoms with E-state index < -0.39 is 0 Å². The van der Waals surface area contributed by atoms with E-state index in [4.69, 9.17) is 5.26 Å². The normalized spacial score (nSPS) is 15.0. The molecule has 0 unspecified atom stereocenters. The van der Waals surface area contributed by atoms with Gasteiger partial charge in [-0.2, -0.15) is 10.4 Å². The first-order valence-electron chi connectivity index (χ1n) is 8.74. The van der Waals surface area contributed by atoms with Crippen molar-refractivity contribution in [3.8, 4) is 17.3 Å². The number of H-pyrrole nitrogens is 1. The number of rotatable bonds is 4. The molecular formula is C20H20N6. The van der Waals surface area contributed by atoms with E-state index in [9.17, 15) is 0 Å². The molecule has 4 rings (SSSR count). The second kappa shape index (κ2) is 7.38. The van der Waals surface area contributed by atoms with Crippen molar-refractivity contribution in [3.05, 3.63) is 66.0 Å². The number of hydrogen-bond acceptors (Lipinski definition) is 5. The lowest BCUT2D eigenvalue weighted by Gasteiger charge is -2.35. The van der Waals surface area contributed by atoms with Crippen molar-refractivity contribution in [1.29, 1.82) is 5.26 Å². The van der Waals surface area contributed by atoms with E-state index in [1.807, 2.05) is 36.5 Å². The highest BCUT2D eigenvalue weighted by Crippen LogP contribution is 2.23. The fourth-order valence-corrected chi connectivity index (χ4v) is 3.30. The van der Waals surface area contributed by atoms with Gasteiger partial charge in [0.1, 0.15) is 11.9 Å². The number of piperazine rings is 1. The van der Waals surface area contributed by atoms with Crippen molar-refractivity contribution in [2.45, 2.75) is 6.54 Å². The van der Waals surface area contributed by atoms with Crippen molar-refractivity contribution >= 4 is 5.82 Å². The summed E-state index contributed by atoms with van der Waals surface area (Å²) in [6.45, 7) is 4.69. The number of nitrogens with one attached hydrogen (secondary N) is 1. The molecule has 1 fully saturated rings. The molecule has 1 saturated heterocycles. The molecule has 0 radical (unpaired) electrons. The molecule has 130 valence electrons. The first kappa shape index (κ1) is 16.3. The molecule has 0 aliphatic carbocycles. The number of aromatic amines is 1. The Morgan fingerprint density at radius 1 is 1.00 bits per heavy atom. The lowest BCUT2D eigenvalue weighted by molar-refractivity contribution is 0.249. The van der Waals surface area contributed by atoms with Gasteiger partial charge in [-0.1, -0.05) is 30.3 Å². The van der Waals surface area contributed by atoms with Crippen LogP contribution in [0.2, 0.25) is 0 Å². The molecule has 3 heterocycles. The van der Waals surface area contributed by atoms with E-state index in [-0.39, 0.29) is 0 Å². The Hall–Kier alpha value is -3.17. The third-order valence-electron chi connectivity index (χ3n) is 4.75. The SMILES string of the molecule is N#Cc1ccc(N2CCN(Cc3cn[nH]c3-c3ccccc3)CC2)nc1. The Bertz CT molecular complexity index is 886. The number of anilines is 1. The molecule has 0 spiro atoms. The van der Waals surface area contributed by atoms with Gasteiger partial charge in [-0.25, -0.2) is 4.98 Å². The maximum atomic E-state index is 8.88. The monoisotopic (exact) mass is 344 g/mol. The van der Waals surface area contributed by atoms with Crippen LogP contribution in [0.15, 0.2) is 54.9 Å². The lowest BCUT2D eigenvalue weighted by atomic mass is 10.1. The van der Waals surface area contributed by atoms with Crippen LogP contribution in [-0.4, -0.2) is 46.3 Å². The maximum absolute atomic E-state index is 8.88. The number of benzene rings is 1. The summed E-state index contributed by atoms with van der Waals surface area (Å²) in [6, 6.07) is 16.2. The molecule has 1 aliphatic rings. The van der Waals surface area contributed by atoms with Crippen LogP contribution < -0.4 is 4.90 Å². The smallest absolute Gasteiger partial charge is 0.128 e. The van der Waals surface area contributed by atoms with E-state index in [0.717, 1.165) is 44.2 Å². The summed E-state index contributed by atoms with van der Waals surface area (Å²) >= 11 is 0. The molecule has 6 heteroatoms. The van der Waals surface area contributed by atoms with Crippen LogP contribution in [0.4, 0.5) is 5.82 Å². The maximum Gasteiger partial charge on any atom is 0.128 e. The summed E-state index contributed by atoms with van der Waals surface area (Å²) in [6.07, 6.45) is 3.57. The molecule has 6 nitrogen and oxygen atoms in total. The molecule has 1 aliphatic heterocycles. The van der Waals surface area contributed by atoms with Gasteiger partial charge in [-0.05, 0) is 17.7 Å². The van der Waals surface area contributed by atoms with Gasteiger partial charge in [0.2, 0.25) is 0 Å². The predicted molar refractivity (Wildman–Crippen MR) is 100 cm³/mol. The molecule has 1 N–H and O–H groups in total. The van der Waals surface area contributed by atoms with Crippen LogP contribution in [0, 0.1) is 11.3 Å². The molecule has 0 atom stereocenters. The van der Waals surface area contributed by atoms with Crippen molar-refractivity contribution < 1.29 is 0 Å². The van der Waals surface area contributed by atoms with Gasteiger partial charge in [0.05, 0.1) is 17.5 Å². The first-order valence-corrected chi connectivity index (χ1v) is 8.74. The Balaban J connectivity index is 1.39. The van der Waals surface area contributed by atoms with E-state index in [1.165, 1.54) is 11.1 Å². The summed E-state index contributed by atoms with van der Waals surface area (Å²) < 4.78 is 0. The minimum atomic E-state index is 0.598. The molecular weight excluding hydrogens is 324 g/mol. The highest BCUT2D eigenvalue weighted by atomic mass is 15.3. The Labute approximate surface area is 152 Å². The van der Waals surface area contributed by atoms with Crippen LogP contribution in [-0.2, 0) is 6.54 Å². The van der Waals surface area contributed by atoms with Crippen LogP contribution in [0.3, 0.4) is 0 Å². The molecule has 1 aromatic carbocycles. The minimum Gasteiger partial charge on any atom is -0.354 e. The lowest BCUT2D eigenvalue weighted by Crippen LogP contribution is -2.46. The fourth-order valence-electron chi connectivity index (χ4n) is 3.30. The topological polar surface area (TPSA) is 71.8 Å². The third kappa shape index (κ3) is 3.44. The number of pyridine rings is 1. The highest BCUT2D eigenvalue weighted by Gasteiger charge is 2.19. The molecule has 3 aromatic rings. The molecule has 0 saturated carbocycles. The zero-order valence-electron chi connectivity index (χ0n) is 14.5. The van der Waals surface area contributed by atoms with Crippen molar-refractivity contribution in [2.24, 2.45) is 0 Å². The summed E-state index contributed by atoms with van der Waals surface area (Å²) in [5.74, 6) is 0.942. The van der Waals surface area contributed by atoms with Crippen molar-refractivity contribution in [1.82, 2.24) is 20.1 Å². The standard InChI is InChI=1S/C20H20N6/c21-12-16-6-7-19(22-13-16)26-10-8-25(9-11-26)15-18-14-23-24-20(18)17-4-2-1-3-5-17/h1-7,13-14H,8-11,15H2,(H,23,24). The van der Waals surface area contributed by atoms with Gasteiger partial charge in [0.15, 0.2) is 0 Å². The Morgan fingerprint density at radius 2 is 1.81 bits per heavy atom. The summed E-state index contributed by atoms with van der Waals surface area (Å²) in [5, 5.41) is 16.3. The average molecular weight is 344 g/mol. The molecule has 2 aromatic heterocycles. The molecule has 0 amide bonds.